The average Bonchev–Trinajstić information content (AvgIpc) is 2.43. The van der Waals surface area contributed by atoms with Gasteiger partial charge >= 0.3 is 0 Å². The molecule has 0 aromatic rings. The van der Waals surface area contributed by atoms with Crippen molar-refractivity contribution in [1.29, 1.82) is 0 Å². The molecule has 1 heterocycles. The van der Waals surface area contributed by atoms with Gasteiger partial charge in [-0.3, -0.25) is 0 Å². The largest absolute Gasteiger partial charge is 0.382 e. The minimum absolute atomic E-state index is 0.215. The number of sulfonamides is 1. The van der Waals surface area contributed by atoms with Crippen molar-refractivity contribution in [2.45, 2.75) is 6.10 Å². The van der Waals surface area contributed by atoms with Gasteiger partial charge in [-0.2, -0.15) is 4.31 Å². The summed E-state index contributed by atoms with van der Waals surface area (Å²) in [4.78, 5) is 0. The molecule has 0 spiro atoms. The zero-order chi connectivity index (χ0) is 12.0. The predicted octanol–water partition coefficient (Wildman–Crippen LogP) is -0.690. The van der Waals surface area contributed by atoms with Crippen LogP contribution in [0.15, 0.2) is 0 Å². The summed E-state index contributed by atoms with van der Waals surface area (Å²) >= 11 is 0. The van der Waals surface area contributed by atoms with Crippen molar-refractivity contribution in [3.63, 3.8) is 0 Å². The van der Waals surface area contributed by atoms with E-state index in [1.165, 1.54) is 10.6 Å². The third kappa shape index (κ3) is 4.75. The average molecular weight is 253 g/mol. The van der Waals surface area contributed by atoms with Crippen molar-refractivity contribution in [2.24, 2.45) is 0 Å². The molecular weight excluding hydrogens is 234 g/mol. The van der Waals surface area contributed by atoms with E-state index in [0.29, 0.717) is 39.5 Å². The van der Waals surface area contributed by atoms with Crippen molar-refractivity contribution < 1.29 is 22.6 Å². The SMILES string of the molecule is COCCOC1COCCN(S(C)(=O)=O)C1. The lowest BCUT2D eigenvalue weighted by molar-refractivity contribution is -0.0216. The normalized spacial score (nSPS) is 24.2. The Hall–Kier alpha value is -0.210. The lowest BCUT2D eigenvalue weighted by Gasteiger charge is -2.21. The molecular formula is C9H19NO5S. The van der Waals surface area contributed by atoms with Gasteiger partial charge in [0.05, 0.1) is 38.8 Å². The Morgan fingerprint density at radius 2 is 2.19 bits per heavy atom. The lowest BCUT2D eigenvalue weighted by atomic mass is 10.4. The maximum atomic E-state index is 11.4. The van der Waals surface area contributed by atoms with E-state index in [4.69, 9.17) is 14.2 Å². The van der Waals surface area contributed by atoms with E-state index in [1.54, 1.807) is 7.11 Å². The number of hydrogen-bond acceptors (Lipinski definition) is 5. The Morgan fingerprint density at radius 3 is 2.81 bits per heavy atom. The highest BCUT2D eigenvalue weighted by Gasteiger charge is 2.24. The molecule has 1 atom stereocenters. The molecule has 0 saturated carbocycles. The Balaban J connectivity index is 2.46. The molecule has 1 saturated heterocycles. The van der Waals surface area contributed by atoms with E-state index in [0.717, 1.165) is 0 Å². The van der Waals surface area contributed by atoms with Gasteiger partial charge in [0, 0.05) is 20.2 Å². The number of hydrogen-bond donors (Lipinski definition) is 0. The van der Waals surface area contributed by atoms with Crippen molar-refractivity contribution in [1.82, 2.24) is 4.31 Å². The summed E-state index contributed by atoms with van der Waals surface area (Å²) in [6, 6.07) is 0. The van der Waals surface area contributed by atoms with Gasteiger partial charge in [0.25, 0.3) is 0 Å². The van der Waals surface area contributed by atoms with Crippen molar-refractivity contribution in [3.05, 3.63) is 0 Å². The van der Waals surface area contributed by atoms with Crippen molar-refractivity contribution in [2.75, 3.05) is 52.9 Å². The third-order valence-corrected chi connectivity index (χ3v) is 3.58. The fourth-order valence-electron chi connectivity index (χ4n) is 1.45. The Kier molecular flexibility index (Phi) is 5.63. The van der Waals surface area contributed by atoms with E-state index in [1.807, 2.05) is 0 Å². The zero-order valence-corrected chi connectivity index (χ0v) is 10.5. The number of nitrogens with zero attached hydrogens (tertiary/aromatic N) is 1. The second kappa shape index (κ2) is 6.51. The quantitative estimate of drug-likeness (QED) is 0.607. The molecule has 0 amide bonds. The molecule has 7 heteroatoms. The summed E-state index contributed by atoms with van der Waals surface area (Å²) in [6.45, 7) is 2.52. The van der Waals surface area contributed by atoms with Crippen molar-refractivity contribution in [3.8, 4) is 0 Å². The van der Waals surface area contributed by atoms with Crippen LogP contribution in [0.3, 0.4) is 0 Å². The molecule has 0 aromatic heterocycles. The van der Waals surface area contributed by atoms with Gasteiger partial charge in [0.1, 0.15) is 0 Å². The van der Waals surface area contributed by atoms with Crippen LogP contribution in [-0.4, -0.2) is 71.7 Å². The maximum Gasteiger partial charge on any atom is 0.211 e. The Labute approximate surface area is 96.5 Å². The topological polar surface area (TPSA) is 65.1 Å². The molecule has 0 aliphatic carbocycles. The molecule has 0 aromatic carbocycles. The standard InChI is InChI=1S/C9H19NO5S/c1-13-5-6-15-9-7-10(16(2,11)12)3-4-14-8-9/h9H,3-8H2,1-2H3. The van der Waals surface area contributed by atoms with Gasteiger partial charge in [-0.1, -0.05) is 0 Å². The van der Waals surface area contributed by atoms with Gasteiger partial charge in [-0.25, -0.2) is 8.42 Å². The van der Waals surface area contributed by atoms with E-state index in [9.17, 15) is 8.42 Å². The monoisotopic (exact) mass is 253 g/mol. The Bertz CT molecular complexity index is 292. The fourth-order valence-corrected chi connectivity index (χ4v) is 2.30. The van der Waals surface area contributed by atoms with Crippen LogP contribution in [0.4, 0.5) is 0 Å². The van der Waals surface area contributed by atoms with E-state index >= 15 is 0 Å². The fraction of sp³-hybridized carbons (Fsp3) is 1.00. The van der Waals surface area contributed by atoms with E-state index in [-0.39, 0.29) is 6.10 Å². The molecule has 0 bridgehead atoms. The highest BCUT2D eigenvalue weighted by molar-refractivity contribution is 7.88. The first-order chi connectivity index (χ1) is 7.54. The first-order valence-corrected chi connectivity index (χ1v) is 7.02. The summed E-state index contributed by atoms with van der Waals surface area (Å²) < 4.78 is 39.8. The number of methoxy groups -OCH3 is 1. The molecule has 1 aliphatic heterocycles. The second-order valence-corrected chi connectivity index (χ2v) is 5.66. The van der Waals surface area contributed by atoms with Crippen LogP contribution in [0, 0.1) is 0 Å². The minimum Gasteiger partial charge on any atom is -0.382 e. The van der Waals surface area contributed by atoms with Crippen LogP contribution in [0.5, 0.6) is 0 Å². The number of rotatable bonds is 5. The summed E-state index contributed by atoms with van der Waals surface area (Å²) in [7, 11) is -1.58. The van der Waals surface area contributed by atoms with Gasteiger partial charge in [0.15, 0.2) is 0 Å². The zero-order valence-electron chi connectivity index (χ0n) is 9.72. The van der Waals surface area contributed by atoms with Gasteiger partial charge in [-0.05, 0) is 0 Å². The molecule has 1 unspecified atom stereocenters. The molecule has 1 rings (SSSR count). The molecule has 0 radical (unpaired) electrons. The summed E-state index contributed by atoms with van der Waals surface area (Å²) in [5, 5.41) is 0. The molecule has 1 fully saturated rings. The van der Waals surface area contributed by atoms with Gasteiger partial charge in [0.2, 0.25) is 10.0 Å². The van der Waals surface area contributed by atoms with E-state index < -0.39 is 10.0 Å². The highest BCUT2D eigenvalue weighted by Crippen LogP contribution is 2.07. The highest BCUT2D eigenvalue weighted by atomic mass is 32.2. The van der Waals surface area contributed by atoms with Crippen LogP contribution < -0.4 is 0 Å². The second-order valence-electron chi connectivity index (χ2n) is 3.68. The van der Waals surface area contributed by atoms with Crippen molar-refractivity contribution >= 4 is 10.0 Å². The minimum atomic E-state index is -3.17. The summed E-state index contributed by atoms with van der Waals surface area (Å²) in [5.41, 5.74) is 0. The Morgan fingerprint density at radius 1 is 1.44 bits per heavy atom. The van der Waals surface area contributed by atoms with Crippen LogP contribution in [0.25, 0.3) is 0 Å². The predicted molar refractivity (Wildman–Crippen MR) is 58.9 cm³/mol. The van der Waals surface area contributed by atoms with Gasteiger partial charge in [-0.15, -0.1) is 0 Å². The first-order valence-electron chi connectivity index (χ1n) is 5.17. The molecule has 6 nitrogen and oxygen atoms in total. The van der Waals surface area contributed by atoms with Crippen LogP contribution in [0.2, 0.25) is 0 Å². The lowest BCUT2D eigenvalue weighted by Crippen LogP contribution is -2.38. The molecule has 0 N–H and O–H groups in total. The van der Waals surface area contributed by atoms with Crippen LogP contribution in [0.1, 0.15) is 0 Å². The maximum absolute atomic E-state index is 11.4. The summed E-state index contributed by atoms with van der Waals surface area (Å²) in [5.74, 6) is 0. The summed E-state index contributed by atoms with van der Waals surface area (Å²) in [6.07, 6.45) is 0.984. The van der Waals surface area contributed by atoms with E-state index in [2.05, 4.69) is 0 Å². The molecule has 96 valence electrons. The smallest absolute Gasteiger partial charge is 0.211 e. The van der Waals surface area contributed by atoms with Gasteiger partial charge < -0.3 is 14.2 Å². The van der Waals surface area contributed by atoms with Crippen LogP contribution in [-0.2, 0) is 24.2 Å². The van der Waals surface area contributed by atoms with Crippen LogP contribution >= 0.6 is 0 Å². The number of ether oxygens (including phenoxy) is 3. The molecule has 16 heavy (non-hydrogen) atoms. The third-order valence-electron chi connectivity index (χ3n) is 2.31. The molecule has 1 aliphatic rings. The first kappa shape index (κ1) is 13.9.